The van der Waals surface area contributed by atoms with Gasteiger partial charge in [-0.05, 0) is 46.3 Å². The molecule has 0 bridgehead atoms. The van der Waals surface area contributed by atoms with Crippen molar-refractivity contribution in [3.05, 3.63) is 52.5 Å². The third kappa shape index (κ3) is 2.59. The molecule has 0 saturated carbocycles. The number of hydrogen-bond donors (Lipinski definition) is 2. The molecule has 0 fully saturated rings. The van der Waals surface area contributed by atoms with Gasteiger partial charge < -0.3 is 10.3 Å². The van der Waals surface area contributed by atoms with E-state index in [2.05, 4.69) is 26.2 Å². The van der Waals surface area contributed by atoms with Crippen LogP contribution in [0.3, 0.4) is 0 Å². The van der Waals surface area contributed by atoms with Crippen molar-refractivity contribution in [1.29, 1.82) is 0 Å². The van der Waals surface area contributed by atoms with Crippen LogP contribution in [0.2, 0.25) is 0 Å². The van der Waals surface area contributed by atoms with E-state index >= 15 is 0 Å². The number of rotatable bonds is 3. The van der Waals surface area contributed by atoms with E-state index in [0.717, 1.165) is 11.4 Å². The Labute approximate surface area is 95.6 Å². The number of H-pyrrole nitrogens is 1. The smallest absolute Gasteiger partial charge is 0.139 e. The van der Waals surface area contributed by atoms with E-state index in [-0.39, 0.29) is 5.82 Å². The predicted octanol–water partition coefficient (Wildman–Crippen LogP) is 3.53. The fourth-order valence-corrected chi connectivity index (χ4v) is 1.53. The van der Waals surface area contributed by atoms with Crippen LogP contribution in [0.5, 0.6) is 0 Å². The molecule has 78 valence electrons. The Morgan fingerprint density at radius 3 is 2.87 bits per heavy atom. The molecule has 15 heavy (non-hydrogen) atoms. The lowest BCUT2D eigenvalue weighted by Crippen LogP contribution is -1.99. The lowest BCUT2D eigenvalue weighted by molar-refractivity contribution is 0.621. The van der Waals surface area contributed by atoms with Crippen molar-refractivity contribution in [3.63, 3.8) is 0 Å². The first-order valence-corrected chi connectivity index (χ1v) is 5.36. The van der Waals surface area contributed by atoms with Crippen LogP contribution in [0, 0.1) is 5.82 Å². The van der Waals surface area contributed by atoms with Crippen LogP contribution in [0.4, 0.5) is 10.1 Å². The Bertz CT molecular complexity index is 440. The molecule has 2 N–H and O–H groups in total. The van der Waals surface area contributed by atoms with E-state index in [9.17, 15) is 4.39 Å². The first-order chi connectivity index (χ1) is 7.25. The molecule has 0 saturated heterocycles. The third-order valence-electron chi connectivity index (χ3n) is 2.06. The van der Waals surface area contributed by atoms with E-state index < -0.39 is 0 Å². The van der Waals surface area contributed by atoms with Gasteiger partial charge in [-0.2, -0.15) is 0 Å². The monoisotopic (exact) mass is 268 g/mol. The molecule has 0 aliphatic heterocycles. The summed E-state index contributed by atoms with van der Waals surface area (Å²) in [7, 11) is 0. The third-order valence-corrected chi connectivity index (χ3v) is 2.71. The maximum Gasteiger partial charge on any atom is 0.139 e. The lowest BCUT2D eigenvalue weighted by Gasteiger charge is -2.05. The second-order valence-electron chi connectivity index (χ2n) is 3.18. The van der Waals surface area contributed by atoms with Crippen molar-refractivity contribution in [2.75, 3.05) is 5.32 Å². The zero-order valence-corrected chi connectivity index (χ0v) is 9.51. The minimum atomic E-state index is -0.258. The Morgan fingerprint density at radius 1 is 1.33 bits per heavy atom. The fourth-order valence-electron chi connectivity index (χ4n) is 1.28. The summed E-state index contributed by atoms with van der Waals surface area (Å²) < 4.78 is 13.6. The first-order valence-electron chi connectivity index (χ1n) is 4.57. The van der Waals surface area contributed by atoms with E-state index in [1.807, 2.05) is 24.4 Å². The lowest BCUT2D eigenvalue weighted by atomic mass is 10.3. The summed E-state index contributed by atoms with van der Waals surface area (Å²) in [5.41, 5.74) is 1.84. The predicted molar refractivity (Wildman–Crippen MR) is 62.2 cm³/mol. The van der Waals surface area contributed by atoms with E-state index in [1.54, 1.807) is 6.07 Å². The van der Waals surface area contributed by atoms with E-state index in [1.165, 1.54) is 6.07 Å². The first kappa shape index (κ1) is 10.2. The van der Waals surface area contributed by atoms with Gasteiger partial charge >= 0.3 is 0 Å². The molecule has 0 atom stereocenters. The number of hydrogen-bond acceptors (Lipinski definition) is 1. The molecule has 2 rings (SSSR count). The van der Waals surface area contributed by atoms with Crippen LogP contribution in [0.15, 0.2) is 41.0 Å². The van der Waals surface area contributed by atoms with Gasteiger partial charge in [0, 0.05) is 17.6 Å². The normalized spacial score (nSPS) is 10.3. The zero-order valence-electron chi connectivity index (χ0n) is 7.93. The summed E-state index contributed by atoms with van der Waals surface area (Å²) in [5, 5.41) is 3.12. The maximum absolute atomic E-state index is 13.2. The molecule has 2 nitrogen and oxygen atoms in total. The summed E-state index contributed by atoms with van der Waals surface area (Å²) in [5.74, 6) is -0.258. The molecule has 1 aromatic carbocycles. The van der Waals surface area contributed by atoms with Crippen molar-refractivity contribution in [2.24, 2.45) is 0 Å². The molecule has 1 heterocycles. The van der Waals surface area contributed by atoms with Gasteiger partial charge in [0.25, 0.3) is 0 Å². The average Bonchev–Trinajstić information content (AvgIpc) is 2.73. The van der Waals surface area contributed by atoms with Crippen LogP contribution < -0.4 is 5.32 Å². The Hall–Kier alpha value is -1.29. The van der Waals surface area contributed by atoms with Gasteiger partial charge in [0.2, 0.25) is 0 Å². The van der Waals surface area contributed by atoms with E-state index in [4.69, 9.17) is 0 Å². The number of anilines is 1. The van der Waals surface area contributed by atoms with Gasteiger partial charge in [0.1, 0.15) is 5.82 Å². The topological polar surface area (TPSA) is 27.8 Å². The molecule has 2 aromatic rings. The molecule has 0 radical (unpaired) electrons. The highest BCUT2D eigenvalue weighted by atomic mass is 79.9. The maximum atomic E-state index is 13.2. The van der Waals surface area contributed by atoms with Crippen LogP contribution in [-0.2, 0) is 6.54 Å². The van der Waals surface area contributed by atoms with Gasteiger partial charge in [-0.3, -0.25) is 0 Å². The van der Waals surface area contributed by atoms with Gasteiger partial charge in [-0.15, -0.1) is 0 Å². The van der Waals surface area contributed by atoms with Gasteiger partial charge in [0.05, 0.1) is 11.0 Å². The highest BCUT2D eigenvalue weighted by Crippen LogP contribution is 2.19. The number of nitrogens with one attached hydrogen (secondary N) is 2. The quantitative estimate of drug-likeness (QED) is 0.876. The van der Waals surface area contributed by atoms with Crippen molar-refractivity contribution >= 4 is 21.6 Å². The molecule has 4 heteroatoms. The summed E-state index contributed by atoms with van der Waals surface area (Å²) in [6.45, 7) is 0.661. The number of aromatic nitrogens is 1. The molecule has 0 unspecified atom stereocenters. The van der Waals surface area contributed by atoms with Crippen molar-refractivity contribution < 1.29 is 4.39 Å². The second-order valence-corrected chi connectivity index (χ2v) is 4.03. The van der Waals surface area contributed by atoms with Crippen LogP contribution in [0.25, 0.3) is 0 Å². The van der Waals surface area contributed by atoms with Crippen molar-refractivity contribution in [1.82, 2.24) is 4.98 Å². The Kier molecular flexibility index (Phi) is 3.06. The molecular weight excluding hydrogens is 259 g/mol. The van der Waals surface area contributed by atoms with Crippen LogP contribution in [0.1, 0.15) is 5.69 Å². The minimum absolute atomic E-state index is 0.258. The summed E-state index contributed by atoms with van der Waals surface area (Å²) in [6.07, 6.45) is 1.86. The Morgan fingerprint density at radius 2 is 2.20 bits per heavy atom. The minimum Gasteiger partial charge on any atom is -0.379 e. The molecule has 1 aromatic heterocycles. The summed E-state index contributed by atoms with van der Waals surface area (Å²) in [6, 6.07) is 8.89. The summed E-state index contributed by atoms with van der Waals surface area (Å²) in [4.78, 5) is 3.07. The summed E-state index contributed by atoms with van der Waals surface area (Å²) >= 11 is 3.11. The molecule has 0 spiro atoms. The molecular formula is C11H10BrFN2. The van der Waals surface area contributed by atoms with Crippen LogP contribution >= 0.6 is 15.9 Å². The SMILES string of the molecule is Fc1cc(NCc2ccc[nH]2)ccc1Br. The van der Waals surface area contributed by atoms with Crippen molar-refractivity contribution in [2.45, 2.75) is 6.54 Å². The standard InChI is InChI=1S/C11H10BrFN2/c12-10-4-3-8(6-11(10)13)15-7-9-2-1-5-14-9/h1-6,14-15H,7H2. The molecule has 0 amide bonds. The number of benzene rings is 1. The fraction of sp³-hybridized carbons (Fsp3) is 0.0909. The van der Waals surface area contributed by atoms with Gasteiger partial charge in [-0.1, -0.05) is 0 Å². The highest BCUT2D eigenvalue weighted by Gasteiger charge is 2.00. The van der Waals surface area contributed by atoms with E-state index in [0.29, 0.717) is 11.0 Å². The number of halogens is 2. The van der Waals surface area contributed by atoms with Crippen molar-refractivity contribution in [3.8, 4) is 0 Å². The van der Waals surface area contributed by atoms with Gasteiger partial charge in [0.15, 0.2) is 0 Å². The number of aromatic amines is 1. The zero-order chi connectivity index (χ0) is 10.7. The second kappa shape index (κ2) is 4.49. The molecule has 0 aliphatic rings. The molecule has 0 aliphatic carbocycles. The van der Waals surface area contributed by atoms with Gasteiger partial charge in [-0.25, -0.2) is 4.39 Å². The average molecular weight is 269 g/mol. The Balaban J connectivity index is 2.02. The van der Waals surface area contributed by atoms with Crippen LogP contribution in [-0.4, -0.2) is 4.98 Å². The largest absolute Gasteiger partial charge is 0.379 e. The highest BCUT2D eigenvalue weighted by molar-refractivity contribution is 9.10.